The van der Waals surface area contributed by atoms with Crippen LogP contribution in [0.4, 0.5) is 0 Å². The molecule has 0 N–H and O–H groups in total. The molecule has 140 valence electrons. The van der Waals surface area contributed by atoms with Gasteiger partial charge in [0.25, 0.3) is 0 Å². The Bertz CT molecular complexity index is 825. The SMILES string of the molecule is O=S(=O)(c1ccccc1)N1CC(c2nc(CCOC3CCCC3)no2)C1. The second-order valence-corrected chi connectivity index (χ2v) is 8.85. The van der Waals surface area contributed by atoms with Crippen molar-refractivity contribution in [3.05, 3.63) is 42.0 Å². The largest absolute Gasteiger partial charge is 0.378 e. The van der Waals surface area contributed by atoms with Crippen LogP contribution < -0.4 is 0 Å². The molecule has 26 heavy (non-hydrogen) atoms. The van der Waals surface area contributed by atoms with E-state index >= 15 is 0 Å². The Balaban J connectivity index is 1.28. The lowest BCUT2D eigenvalue weighted by molar-refractivity contribution is 0.0596. The van der Waals surface area contributed by atoms with Crippen molar-refractivity contribution in [3.63, 3.8) is 0 Å². The zero-order chi connectivity index (χ0) is 18.0. The minimum absolute atomic E-state index is 0.0366. The number of nitrogens with zero attached hydrogens (tertiary/aromatic N) is 3. The number of hydrogen-bond donors (Lipinski definition) is 0. The molecule has 0 spiro atoms. The summed E-state index contributed by atoms with van der Waals surface area (Å²) in [7, 11) is -3.44. The van der Waals surface area contributed by atoms with Gasteiger partial charge in [-0.05, 0) is 25.0 Å². The van der Waals surface area contributed by atoms with Gasteiger partial charge in [-0.2, -0.15) is 9.29 Å². The zero-order valence-corrected chi connectivity index (χ0v) is 15.4. The zero-order valence-electron chi connectivity index (χ0n) is 14.6. The van der Waals surface area contributed by atoms with Crippen LogP contribution in [0.25, 0.3) is 0 Å². The molecule has 8 heteroatoms. The van der Waals surface area contributed by atoms with Crippen molar-refractivity contribution in [1.82, 2.24) is 14.4 Å². The number of benzene rings is 1. The highest BCUT2D eigenvalue weighted by Gasteiger charge is 2.40. The Kier molecular flexibility index (Phi) is 5.06. The maximum absolute atomic E-state index is 12.5. The topological polar surface area (TPSA) is 85.5 Å². The minimum Gasteiger partial charge on any atom is -0.378 e. The first-order valence-electron chi connectivity index (χ1n) is 9.12. The predicted molar refractivity (Wildman–Crippen MR) is 94.2 cm³/mol. The van der Waals surface area contributed by atoms with E-state index in [-0.39, 0.29) is 5.92 Å². The van der Waals surface area contributed by atoms with Crippen LogP contribution in [0.15, 0.2) is 39.8 Å². The summed E-state index contributed by atoms with van der Waals surface area (Å²) in [5.74, 6) is 1.10. The van der Waals surface area contributed by atoms with Crippen LogP contribution in [0, 0.1) is 0 Å². The fraction of sp³-hybridized carbons (Fsp3) is 0.556. The van der Waals surface area contributed by atoms with Crippen LogP contribution in [0.1, 0.15) is 43.3 Å². The molecule has 1 aliphatic carbocycles. The molecule has 1 saturated carbocycles. The molecule has 2 heterocycles. The van der Waals surface area contributed by atoms with Crippen molar-refractivity contribution in [1.29, 1.82) is 0 Å². The third-order valence-corrected chi connectivity index (χ3v) is 6.89. The standard InChI is InChI=1S/C18H23N3O4S/c22-26(23,16-8-2-1-3-9-16)21-12-14(13-21)18-19-17(20-25-18)10-11-24-15-6-4-5-7-15/h1-3,8-9,14-15H,4-7,10-13H2. The van der Waals surface area contributed by atoms with Crippen LogP contribution in [-0.4, -0.2) is 48.7 Å². The van der Waals surface area contributed by atoms with E-state index in [1.165, 1.54) is 17.1 Å². The second kappa shape index (κ2) is 7.46. The van der Waals surface area contributed by atoms with Gasteiger partial charge in [-0.1, -0.05) is 36.2 Å². The molecule has 0 radical (unpaired) electrons. The third kappa shape index (κ3) is 3.67. The number of hydrogen-bond acceptors (Lipinski definition) is 6. The molecule has 7 nitrogen and oxygen atoms in total. The number of aromatic nitrogens is 2. The average molecular weight is 377 g/mol. The van der Waals surface area contributed by atoms with Gasteiger partial charge < -0.3 is 9.26 Å². The summed E-state index contributed by atoms with van der Waals surface area (Å²) in [6, 6.07) is 8.47. The molecule has 1 aromatic heterocycles. The molecule has 1 aromatic carbocycles. The van der Waals surface area contributed by atoms with Gasteiger partial charge in [0.05, 0.1) is 23.5 Å². The normalized spacial score (nSPS) is 19.7. The average Bonchev–Trinajstić information content (AvgIpc) is 3.27. The summed E-state index contributed by atoms with van der Waals surface area (Å²) in [6.07, 6.45) is 5.79. The maximum atomic E-state index is 12.5. The minimum atomic E-state index is -3.44. The highest BCUT2D eigenvalue weighted by Crippen LogP contribution is 2.31. The first-order chi connectivity index (χ1) is 12.6. The van der Waals surface area contributed by atoms with Gasteiger partial charge in [-0.15, -0.1) is 0 Å². The van der Waals surface area contributed by atoms with Crippen molar-refractivity contribution in [2.45, 2.75) is 49.0 Å². The van der Waals surface area contributed by atoms with Gasteiger partial charge in [0.2, 0.25) is 15.9 Å². The van der Waals surface area contributed by atoms with Crippen LogP contribution >= 0.6 is 0 Å². The van der Waals surface area contributed by atoms with Crippen molar-refractivity contribution in [3.8, 4) is 0 Å². The fourth-order valence-electron chi connectivity index (χ4n) is 3.44. The van der Waals surface area contributed by atoms with Crippen LogP contribution in [0.3, 0.4) is 0 Å². The number of sulfonamides is 1. The maximum Gasteiger partial charge on any atom is 0.243 e. The van der Waals surface area contributed by atoms with E-state index in [0.29, 0.717) is 48.8 Å². The van der Waals surface area contributed by atoms with Crippen molar-refractivity contribution >= 4 is 10.0 Å². The molecule has 0 unspecified atom stereocenters. The van der Waals surface area contributed by atoms with Crippen LogP contribution in [-0.2, 0) is 21.2 Å². The van der Waals surface area contributed by atoms with Gasteiger partial charge in [0.15, 0.2) is 5.82 Å². The Morgan fingerprint density at radius 2 is 1.88 bits per heavy atom. The van der Waals surface area contributed by atoms with Gasteiger partial charge in [0, 0.05) is 19.5 Å². The molecule has 2 aliphatic rings. The third-order valence-electron chi connectivity index (χ3n) is 5.04. The monoisotopic (exact) mass is 377 g/mol. The van der Waals surface area contributed by atoms with Crippen LogP contribution in [0.5, 0.6) is 0 Å². The van der Waals surface area contributed by atoms with E-state index in [4.69, 9.17) is 9.26 Å². The Morgan fingerprint density at radius 3 is 2.62 bits per heavy atom. The summed E-state index contributed by atoms with van der Waals surface area (Å²) >= 11 is 0. The van der Waals surface area contributed by atoms with E-state index in [2.05, 4.69) is 10.1 Å². The lowest BCUT2D eigenvalue weighted by Gasteiger charge is -2.35. The molecular weight excluding hydrogens is 354 g/mol. The molecule has 0 bridgehead atoms. The molecule has 1 aliphatic heterocycles. The molecule has 0 amide bonds. The molecular formula is C18H23N3O4S. The van der Waals surface area contributed by atoms with E-state index in [1.54, 1.807) is 30.3 Å². The van der Waals surface area contributed by atoms with Crippen molar-refractivity contribution < 1.29 is 17.7 Å². The van der Waals surface area contributed by atoms with Crippen LogP contribution in [0.2, 0.25) is 0 Å². The van der Waals surface area contributed by atoms with Gasteiger partial charge in [-0.25, -0.2) is 8.42 Å². The van der Waals surface area contributed by atoms with E-state index in [9.17, 15) is 8.42 Å². The highest BCUT2D eigenvalue weighted by molar-refractivity contribution is 7.89. The highest BCUT2D eigenvalue weighted by atomic mass is 32.2. The first-order valence-corrected chi connectivity index (χ1v) is 10.6. The summed E-state index contributed by atoms with van der Waals surface area (Å²) < 4.78 is 37.6. The van der Waals surface area contributed by atoms with E-state index in [1.807, 2.05) is 0 Å². The summed E-state index contributed by atoms with van der Waals surface area (Å²) in [5, 5.41) is 3.99. The Morgan fingerprint density at radius 1 is 1.15 bits per heavy atom. The molecule has 1 saturated heterocycles. The second-order valence-electron chi connectivity index (χ2n) is 6.91. The smallest absolute Gasteiger partial charge is 0.243 e. The lowest BCUT2D eigenvalue weighted by atomic mass is 10.0. The summed E-state index contributed by atoms with van der Waals surface area (Å²) in [4.78, 5) is 4.72. The Hall–Kier alpha value is -1.77. The van der Waals surface area contributed by atoms with Crippen molar-refractivity contribution in [2.24, 2.45) is 0 Å². The van der Waals surface area contributed by atoms with E-state index < -0.39 is 10.0 Å². The fourth-order valence-corrected chi connectivity index (χ4v) is 4.99. The van der Waals surface area contributed by atoms with E-state index in [0.717, 1.165) is 12.8 Å². The van der Waals surface area contributed by atoms with Gasteiger partial charge >= 0.3 is 0 Å². The lowest BCUT2D eigenvalue weighted by Crippen LogP contribution is -2.48. The first kappa shape index (κ1) is 17.6. The van der Waals surface area contributed by atoms with Gasteiger partial charge in [-0.3, -0.25) is 0 Å². The molecule has 0 atom stereocenters. The summed E-state index contributed by atoms with van der Waals surface area (Å²) in [6.45, 7) is 1.34. The molecule has 2 fully saturated rings. The van der Waals surface area contributed by atoms with Gasteiger partial charge in [0.1, 0.15) is 0 Å². The molecule has 2 aromatic rings. The number of rotatable bonds is 7. The quantitative estimate of drug-likeness (QED) is 0.736. The predicted octanol–water partition coefficient (Wildman–Crippen LogP) is 2.36. The summed E-state index contributed by atoms with van der Waals surface area (Å²) in [5.41, 5.74) is 0. The molecule has 4 rings (SSSR count). The van der Waals surface area contributed by atoms with Crippen molar-refractivity contribution in [2.75, 3.05) is 19.7 Å². The Labute approximate surface area is 153 Å². The number of ether oxygens (including phenoxy) is 1.